The van der Waals surface area contributed by atoms with Crippen molar-refractivity contribution in [2.75, 3.05) is 0 Å². The van der Waals surface area contributed by atoms with Crippen molar-refractivity contribution >= 4 is 21.9 Å². The fourth-order valence-corrected chi connectivity index (χ4v) is 4.47. The van der Waals surface area contributed by atoms with Crippen LogP contribution in [0.5, 0.6) is 0 Å². The van der Waals surface area contributed by atoms with Gasteiger partial charge in [0, 0.05) is 33.5 Å². The number of nitrogens with zero attached hydrogens (tertiary/aromatic N) is 1. The molecule has 1 aliphatic rings. The van der Waals surface area contributed by atoms with Gasteiger partial charge in [-0.15, -0.1) is 0 Å². The molecule has 138 valence electrons. The molecule has 3 aromatic rings. The van der Waals surface area contributed by atoms with E-state index in [0.717, 1.165) is 39.8 Å². The number of carboxylic acids is 1. The van der Waals surface area contributed by atoms with Crippen LogP contribution in [0.4, 0.5) is 0 Å². The fourth-order valence-electron chi connectivity index (χ4n) is 4.20. The van der Waals surface area contributed by atoms with Gasteiger partial charge >= 0.3 is 5.97 Å². The first kappa shape index (κ1) is 18.1. The lowest BCUT2D eigenvalue weighted by Gasteiger charge is -2.18. The van der Waals surface area contributed by atoms with Gasteiger partial charge in [-0.05, 0) is 35.1 Å². The van der Waals surface area contributed by atoms with E-state index in [-0.39, 0.29) is 11.8 Å². The minimum absolute atomic E-state index is 0.0291. The standard InChI is InChI=1S/C23H22BrNO2/c1-23(2)13-19-22(15-6-4-3-5-7-15)21(16-8-10-17(24)11-9-16)18(12-20(26)27)25(19)14-23/h3-11H,12-14H2,1-2H3,(H,26,27). The normalized spacial score (nSPS) is 14.9. The molecule has 1 aliphatic heterocycles. The number of aromatic nitrogens is 1. The Morgan fingerprint density at radius 3 is 2.30 bits per heavy atom. The topological polar surface area (TPSA) is 42.2 Å². The third-order valence-electron chi connectivity index (χ3n) is 5.22. The molecule has 0 aliphatic carbocycles. The zero-order chi connectivity index (χ0) is 19.2. The molecule has 0 bridgehead atoms. The van der Waals surface area contributed by atoms with Gasteiger partial charge in [-0.3, -0.25) is 4.79 Å². The van der Waals surface area contributed by atoms with Gasteiger partial charge in [-0.25, -0.2) is 0 Å². The summed E-state index contributed by atoms with van der Waals surface area (Å²) >= 11 is 3.50. The summed E-state index contributed by atoms with van der Waals surface area (Å²) < 4.78 is 3.27. The lowest BCUT2D eigenvalue weighted by Crippen LogP contribution is -2.15. The van der Waals surface area contributed by atoms with Crippen molar-refractivity contribution in [1.29, 1.82) is 0 Å². The molecule has 3 nitrogen and oxygen atoms in total. The molecule has 2 heterocycles. The number of hydrogen-bond donors (Lipinski definition) is 1. The quantitative estimate of drug-likeness (QED) is 0.576. The number of halogens is 1. The maximum absolute atomic E-state index is 11.7. The average Bonchev–Trinajstić information content (AvgIpc) is 3.07. The Morgan fingerprint density at radius 1 is 1.04 bits per heavy atom. The Morgan fingerprint density at radius 2 is 1.67 bits per heavy atom. The van der Waals surface area contributed by atoms with Crippen molar-refractivity contribution < 1.29 is 9.90 Å². The highest BCUT2D eigenvalue weighted by Gasteiger charge is 2.36. The summed E-state index contributed by atoms with van der Waals surface area (Å²) in [5.74, 6) is -0.794. The van der Waals surface area contributed by atoms with E-state index >= 15 is 0 Å². The summed E-state index contributed by atoms with van der Waals surface area (Å²) in [6.07, 6.45) is 0.974. The van der Waals surface area contributed by atoms with Crippen LogP contribution in [0.1, 0.15) is 25.2 Å². The molecule has 0 amide bonds. The van der Waals surface area contributed by atoms with Crippen LogP contribution in [-0.4, -0.2) is 15.6 Å². The molecule has 1 N–H and O–H groups in total. The van der Waals surface area contributed by atoms with Gasteiger partial charge < -0.3 is 9.67 Å². The molecule has 0 spiro atoms. The molecule has 27 heavy (non-hydrogen) atoms. The van der Waals surface area contributed by atoms with Gasteiger partial charge in [0.25, 0.3) is 0 Å². The first-order valence-corrected chi connectivity index (χ1v) is 9.92. The van der Waals surface area contributed by atoms with E-state index < -0.39 is 5.97 Å². The molecule has 0 radical (unpaired) electrons. The number of fused-ring (bicyclic) bond motifs is 1. The smallest absolute Gasteiger partial charge is 0.309 e. The summed E-state index contributed by atoms with van der Waals surface area (Å²) in [5.41, 5.74) is 6.73. The number of aliphatic carboxylic acids is 1. The van der Waals surface area contributed by atoms with E-state index in [4.69, 9.17) is 0 Å². The van der Waals surface area contributed by atoms with Crippen molar-refractivity contribution in [2.45, 2.75) is 33.2 Å². The number of hydrogen-bond acceptors (Lipinski definition) is 1. The molecular weight excluding hydrogens is 402 g/mol. The molecule has 2 aromatic carbocycles. The average molecular weight is 424 g/mol. The van der Waals surface area contributed by atoms with Crippen molar-refractivity contribution in [3.8, 4) is 22.3 Å². The largest absolute Gasteiger partial charge is 0.481 e. The molecule has 1 aromatic heterocycles. The molecular formula is C23H22BrNO2. The molecule has 0 atom stereocenters. The van der Waals surface area contributed by atoms with Crippen molar-refractivity contribution in [3.05, 3.63) is 70.5 Å². The Bertz CT molecular complexity index is 1000. The summed E-state index contributed by atoms with van der Waals surface area (Å²) in [6, 6.07) is 18.5. The molecule has 0 unspecified atom stereocenters. The third-order valence-corrected chi connectivity index (χ3v) is 5.75. The summed E-state index contributed by atoms with van der Waals surface area (Å²) in [7, 11) is 0. The molecule has 0 saturated carbocycles. The fraction of sp³-hybridized carbons (Fsp3) is 0.261. The predicted molar refractivity (Wildman–Crippen MR) is 112 cm³/mol. The molecule has 0 saturated heterocycles. The van der Waals surface area contributed by atoms with Gasteiger partial charge in [0.05, 0.1) is 6.42 Å². The van der Waals surface area contributed by atoms with E-state index in [1.807, 2.05) is 30.3 Å². The van der Waals surface area contributed by atoms with Crippen molar-refractivity contribution in [3.63, 3.8) is 0 Å². The molecule has 4 heteroatoms. The Hall–Kier alpha value is -2.33. The van der Waals surface area contributed by atoms with Crippen LogP contribution in [0.3, 0.4) is 0 Å². The number of benzene rings is 2. The van der Waals surface area contributed by atoms with Crippen LogP contribution in [0, 0.1) is 5.41 Å². The van der Waals surface area contributed by atoms with Crippen LogP contribution in [-0.2, 0) is 24.2 Å². The Labute approximate surface area is 167 Å². The maximum Gasteiger partial charge on any atom is 0.309 e. The zero-order valence-electron chi connectivity index (χ0n) is 15.5. The highest BCUT2D eigenvalue weighted by atomic mass is 79.9. The Kier molecular flexibility index (Phi) is 4.47. The summed E-state index contributed by atoms with van der Waals surface area (Å²) in [6.45, 7) is 5.35. The van der Waals surface area contributed by atoms with Crippen molar-refractivity contribution in [1.82, 2.24) is 4.57 Å². The number of carbonyl (C=O) groups is 1. The first-order valence-electron chi connectivity index (χ1n) is 9.13. The summed E-state index contributed by atoms with van der Waals surface area (Å²) in [4.78, 5) is 11.7. The Balaban J connectivity index is 2.03. The third kappa shape index (κ3) is 3.34. The summed E-state index contributed by atoms with van der Waals surface area (Å²) in [5, 5.41) is 9.60. The van der Waals surface area contributed by atoms with E-state index in [9.17, 15) is 9.90 Å². The van der Waals surface area contributed by atoms with E-state index in [2.05, 4.69) is 58.6 Å². The first-order chi connectivity index (χ1) is 12.9. The van der Waals surface area contributed by atoms with Crippen molar-refractivity contribution in [2.24, 2.45) is 5.41 Å². The number of rotatable bonds is 4. The zero-order valence-corrected chi connectivity index (χ0v) is 17.1. The second-order valence-electron chi connectivity index (χ2n) is 8.01. The highest BCUT2D eigenvalue weighted by Crippen LogP contribution is 2.47. The lowest BCUT2D eigenvalue weighted by molar-refractivity contribution is -0.136. The second-order valence-corrected chi connectivity index (χ2v) is 8.93. The van der Waals surface area contributed by atoms with E-state index in [1.165, 1.54) is 11.3 Å². The highest BCUT2D eigenvalue weighted by molar-refractivity contribution is 9.10. The van der Waals surface area contributed by atoms with E-state index in [0.29, 0.717) is 0 Å². The van der Waals surface area contributed by atoms with Gasteiger partial charge in [0.2, 0.25) is 0 Å². The van der Waals surface area contributed by atoms with Crippen LogP contribution < -0.4 is 0 Å². The number of carboxylic acid groups (broad SMARTS) is 1. The van der Waals surface area contributed by atoms with Gasteiger partial charge in [0.15, 0.2) is 0 Å². The van der Waals surface area contributed by atoms with Gasteiger partial charge in [-0.1, -0.05) is 72.2 Å². The minimum Gasteiger partial charge on any atom is -0.481 e. The minimum atomic E-state index is -0.794. The van der Waals surface area contributed by atoms with Gasteiger partial charge in [-0.2, -0.15) is 0 Å². The molecule has 4 rings (SSSR count). The van der Waals surface area contributed by atoms with Crippen LogP contribution in [0.25, 0.3) is 22.3 Å². The van der Waals surface area contributed by atoms with Crippen LogP contribution >= 0.6 is 15.9 Å². The SMILES string of the molecule is CC1(C)Cc2c(-c3ccccc3)c(-c3ccc(Br)cc3)c(CC(=O)O)n2C1. The van der Waals surface area contributed by atoms with Crippen LogP contribution in [0.2, 0.25) is 0 Å². The molecule has 0 fully saturated rings. The van der Waals surface area contributed by atoms with Gasteiger partial charge in [0.1, 0.15) is 0 Å². The van der Waals surface area contributed by atoms with E-state index in [1.54, 1.807) is 0 Å². The lowest BCUT2D eigenvalue weighted by atomic mass is 9.86. The maximum atomic E-state index is 11.7. The predicted octanol–water partition coefficient (Wildman–Crippen LogP) is 5.79. The monoisotopic (exact) mass is 423 g/mol. The van der Waals surface area contributed by atoms with Crippen LogP contribution in [0.15, 0.2) is 59.1 Å². The second kappa shape index (κ2) is 6.68.